The molecule has 2 spiro atoms. The maximum absolute atomic E-state index is 5.91. The minimum Gasteiger partial charge on any atom is -0.497 e. The fraction of sp³-hybridized carbons (Fsp3) is 0.100. The molecular weight excluding hydrogens is 1260 g/mol. The third-order valence-corrected chi connectivity index (χ3v) is 23.9. The van der Waals surface area contributed by atoms with Crippen LogP contribution in [0.25, 0.3) is 77.9 Å². The molecule has 0 saturated carbocycles. The van der Waals surface area contributed by atoms with Gasteiger partial charge in [0, 0.05) is 39.3 Å². The van der Waals surface area contributed by atoms with Crippen molar-refractivity contribution in [2.24, 2.45) is 0 Å². The van der Waals surface area contributed by atoms with Crippen molar-refractivity contribution in [2.45, 2.75) is 48.9 Å². The first-order valence-electron chi connectivity index (χ1n) is 36.4. The molecular formula is C100H74N2O2. The molecule has 0 amide bonds. The summed E-state index contributed by atoms with van der Waals surface area (Å²) in [6, 6.07) is 130. The molecule has 4 heteroatoms. The van der Waals surface area contributed by atoms with Gasteiger partial charge in [0.05, 0.1) is 36.4 Å². The van der Waals surface area contributed by atoms with Crippen LogP contribution in [0.1, 0.15) is 88.4 Å². The van der Waals surface area contributed by atoms with Crippen LogP contribution in [0.3, 0.4) is 0 Å². The summed E-state index contributed by atoms with van der Waals surface area (Å²) in [5.74, 6) is 1.64. The summed E-state index contributed by atoms with van der Waals surface area (Å²) in [7, 11) is 3.48. The molecule has 0 heterocycles. The van der Waals surface area contributed by atoms with Crippen LogP contribution >= 0.6 is 0 Å². The van der Waals surface area contributed by atoms with E-state index in [0.717, 1.165) is 85.4 Å². The van der Waals surface area contributed by atoms with Crippen molar-refractivity contribution < 1.29 is 9.47 Å². The van der Waals surface area contributed by atoms with Gasteiger partial charge in [-0.25, -0.2) is 0 Å². The van der Waals surface area contributed by atoms with E-state index >= 15 is 0 Å². The van der Waals surface area contributed by atoms with E-state index in [4.69, 9.17) is 9.47 Å². The van der Waals surface area contributed by atoms with Gasteiger partial charge in [0.15, 0.2) is 0 Å². The number of nitrogens with zero attached hydrogens (tertiary/aromatic N) is 2. The smallest absolute Gasteiger partial charge is 0.119 e. The van der Waals surface area contributed by atoms with E-state index in [9.17, 15) is 0 Å². The van der Waals surface area contributed by atoms with Gasteiger partial charge in [-0.15, -0.1) is 0 Å². The molecule has 0 aliphatic heterocycles. The second-order valence-corrected chi connectivity index (χ2v) is 29.6. The van der Waals surface area contributed by atoms with Crippen molar-refractivity contribution in [3.05, 3.63) is 407 Å². The summed E-state index contributed by atoms with van der Waals surface area (Å²) in [4.78, 5) is 5.09. The lowest BCUT2D eigenvalue weighted by atomic mass is 9.70. The van der Waals surface area contributed by atoms with Crippen LogP contribution < -0.4 is 19.3 Å². The molecule has 4 nitrogen and oxygen atoms in total. The topological polar surface area (TPSA) is 24.9 Å². The molecule has 0 radical (unpaired) electrons. The van der Waals surface area contributed by atoms with Crippen LogP contribution in [-0.4, -0.2) is 14.2 Å². The van der Waals surface area contributed by atoms with Gasteiger partial charge in [0.25, 0.3) is 0 Å². The zero-order valence-corrected chi connectivity index (χ0v) is 58.8. The maximum Gasteiger partial charge on any atom is 0.119 e. The highest BCUT2D eigenvalue weighted by Crippen LogP contribution is 2.66. The molecule has 0 fully saturated rings. The molecule has 496 valence electrons. The van der Waals surface area contributed by atoms with Crippen LogP contribution in [0.15, 0.2) is 346 Å². The highest BCUT2D eigenvalue weighted by Gasteiger charge is 2.54. The molecule has 0 bridgehead atoms. The van der Waals surface area contributed by atoms with Gasteiger partial charge in [-0.05, 0) is 231 Å². The third-order valence-electron chi connectivity index (χ3n) is 23.9. The Bertz CT molecular complexity index is 5840. The normalized spacial score (nSPS) is 15.6. The lowest BCUT2D eigenvalue weighted by molar-refractivity contribution is 0.415. The molecule has 20 rings (SSSR count). The van der Waals surface area contributed by atoms with Gasteiger partial charge in [-0.3, -0.25) is 0 Å². The Labute approximate surface area is 609 Å². The summed E-state index contributed by atoms with van der Waals surface area (Å²) in [5.41, 5.74) is 36.1. The van der Waals surface area contributed by atoms with Crippen LogP contribution in [-0.2, 0) is 21.7 Å². The SMILES string of the molecule is COc1ccc(-c2ccc(N(c3ccc4c(c3)C3(c5ccccc5-c5ccccc53)c3ccccc3-4)c3cc(C4(C)CC(C)(C)c5cc(N(c6ccc(OC)cc6)c6ccc7c(c6)C6(c8ccccc8-c8ccccc86)c6ccccc6-7)c(-c6ccccc6)cc54)ccc3-c3ccccc3)cc2)cc1. The summed E-state index contributed by atoms with van der Waals surface area (Å²) >= 11 is 0. The number of anilines is 6. The lowest BCUT2D eigenvalue weighted by Gasteiger charge is -2.34. The van der Waals surface area contributed by atoms with E-state index in [0.29, 0.717) is 0 Å². The molecule has 15 aromatic carbocycles. The summed E-state index contributed by atoms with van der Waals surface area (Å²) in [5, 5.41) is 0. The molecule has 0 N–H and O–H groups in total. The van der Waals surface area contributed by atoms with Crippen LogP contribution in [0.4, 0.5) is 34.1 Å². The lowest BCUT2D eigenvalue weighted by Crippen LogP contribution is -2.26. The van der Waals surface area contributed by atoms with Crippen LogP contribution in [0.2, 0.25) is 0 Å². The number of rotatable bonds is 12. The second kappa shape index (κ2) is 23.3. The van der Waals surface area contributed by atoms with Crippen molar-refractivity contribution in [1.82, 2.24) is 0 Å². The third kappa shape index (κ3) is 8.78. The number of fused-ring (bicyclic) bond motifs is 21. The van der Waals surface area contributed by atoms with E-state index < -0.39 is 16.2 Å². The van der Waals surface area contributed by atoms with Crippen molar-refractivity contribution in [3.8, 4) is 89.4 Å². The quantitative estimate of drug-likeness (QED) is 0.122. The Kier molecular flexibility index (Phi) is 13.7. The van der Waals surface area contributed by atoms with Gasteiger partial charge in [0.2, 0.25) is 0 Å². The molecule has 5 aliphatic rings. The van der Waals surface area contributed by atoms with E-state index in [1.54, 1.807) is 14.2 Å². The Morgan fingerprint density at radius 1 is 0.240 bits per heavy atom. The first-order valence-corrected chi connectivity index (χ1v) is 36.4. The zero-order chi connectivity index (χ0) is 69.6. The van der Waals surface area contributed by atoms with Crippen molar-refractivity contribution in [3.63, 3.8) is 0 Å². The van der Waals surface area contributed by atoms with E-state index in [-0.39, 0.29) is 5.41 Å². The molecule has 1 atom stereocenters. The van der Waals surface area contributed by atoms with Crippen LogP contribution in [0.5, 0.6) is 11.5 Å². The molecule has 15 aromatic rings. The number of hydrogen-bond donors (Lipinski definition) is 0. The van der Waals surface area contributed by atoms with Crippen molar-refractivity contribution in [2.75, 3.05) is 24.0 Å². The second-order valence-electron chi connectivity index (χ2n) is 29.6. The molecule has 104 heavy (non-hydrogen) atoms. The maximum atomic E-state index is 5.91. The van der Waals surface area contributed by atoms with Gasteiger partial charge in [-0.1, -0.05) is 276 Å². The number of methoxy groups -OCH3 is 2. The Balaban J connectivity index is 0.802. The van der Waals surface area contributed by atoms with Gasteiger partial charge >= 0.3 is 0 Å². The van der Waals surface area contributed by atoms with Gasteiger partial charge in [0.1, 0.15) is 11.5 Å². The summed E-state index contributed by atoms with van der Waals surface area (Å²) in [6.07, 6.45) is 0.868. The first kappa shape index (κ1) is 61.4. The molecule has 0 saturated heterocycles. The number of ether oxygens (including phenoxy) is 2. The van der Waals surface area contributed by atoms with E-state index in [1.807, 2.05) is 12.1 Å². The van der Waals surface area contributed by atoms with Crippen molar-refractivity contribution >= 4 is 34.1 Å². The van der Waals surface area contributed by atoms with Crippen molar-refractivity contribution in [1.29, 1.82) is 0 Å². The zero-order valence-electron chi connectivity index (χ0n) is 58.8. The molecule has 0 aromatic heterocycles. The highest BCUT2D eigenvalue weighted by atomic mass is 16.5. The fourth-order valence-corrected chi connectivity index (χ4v) is 19.5. The average Bonchev–Trinajstić information content (AvgIpc) is 1.57. The summed E-state index contributed by atoms with van der Waals surface area (Å²) in [6.45, 7) is 7.46. The van der Waals surface area contributed by atoms with Gasteiger partial charge < -0.3 is 19.3 Å². The largest absolute Gasteiger partial charge is 0.497 e. The average molecular weight is 1340 g/mol. The van der Waals surface area contributed by atoms with E-state index in [2.05, 4.69) is 364 Å². The van der Waals surface area contributed by atoms with Gasteiger partial charge in [-0.2, -0.15) is 0 Å². The monoisotopic (exact) mass is 1330 g/mol. The first-order chi connectivity index (χ1) is 51.1. The Hall–Kier alpha value is -12.5. The predicted octanol–water partition coefficient (Wildman–Crippen LogP) is 25.3. The number of benzene rings is 15. The Morgan fingerprint density at radius 2 is 0.567 bits per heavy atom. The molecule has 1 unspecified atom stereocenters. The fourth-order valence-electron chi connectivity index (χ4n) is 19.5. The summed E-state index contributed by atoms with van der Waals surface area (Å²) < 4.78 is 11.5. The minimum atomic E-state index is -0.545. The Morgan fingerprint density at radius 3 is 0.981 bits per heavy atom. The minimum absolute atomic E-state index is 0.285. The highest BCUT2D eigenvalue weighted by molar-refractivity contribution is 6.00. The standard InChI is InChI=1S/C100H74N2O2/c1-97(2)63-98(3,94-61-84(67-26-10-7-11-27-67)96(62-93(94)97)102(70-47-53-74(104-5)54-48-70)72-50-57-83-81-33-17-23-39-90(81)100(92(83)60-72)87-36-20-14-30-78(87)79-31-15-21-37-88(79)100)68-44-55-75(66-24-8-6-9-25-66)95(58-68)101(69-45-40-64(41-46-69)65-42-51-73(103-4)52-43-65)71-49-56-82-80-32-16-22-38-89(80)99(91(82)59-71)85-34-18-12-28-76(85)77-29-13-19-35-86(77)99/h6-62H,63H2,1-5H3. The predicted molar refractivity (Wildman–Crippen MR) is 428 cm³/mol. The van der Waals surface area contributed by atoms with E-state index in [1.165, 1.54) is 106 Å². The number of hydrogen-bond acceptors (Lipinski definition) is 4. The van der Waals surface area contributed by atoms with Crippen LogP contribution in [0, 0.1) is 0 Å². The molecule has 5 aliphatic carbocycles.